The molecule has 0 amide bonds. The average molecular weight is 495 g/mol. The molecule has 196 valence electrons. The van der Waals surface area contributed by atoms with E-state index in [1.54, 1.807) is 0 Å². The molecule has 1 spiro atoms. The molecule has 5 heteroatoms. The fourth-order valence-electron chi connectivity index (χ4n) is 10.8. The molecule has 1 N–H and O–H groups in total. The number of carbonyl (C=O) groups excluding carboxylic acids is 2. The Balaban J connectivity index is 1.48. The standard InChI is InChI=1S/C31H44NO4/c1-25-10-11-26(2,24(35)36-7)17-20(25)19-16-21(33)23-28(4,27(19,3)13-12-25)14-15-31-29(23,5)9-8-22(34)30(31,6)18-32-31/h16,20,22-23,34H,8-15,17H2,1-7H3/q+1/t20-,22+,23+,25-,26+,27-,28-,29-,30-,31+/m1/s1. The number of esters is 1. The van der Waals surface area contributed by atoms with E-state index in [0.717, 1.165) is 51.4 Å². The first kappa shape index (κ1) is 24.7. The maximum absolute atomic E-state index is 14.4. The van der Waals surface area contributed by atoms with Crippen LogP contribution in [0.2, 0.25) is 0 Å². The molecule has 0 aromatic carbocycles. The van der Waals surface area contributed by atoms with E-state index in [1.165, 1.54) is 12.7 Å². The second-order valence-electron chi connectivity index (χ2n) is 14.9. The van der Waals surface area contributed by atoms with Gasteiger partial charge in [-0.1, -0.05) is 38.1 Å². The Labute approximate surface area is 216 Å². The van der Waals surface area contributed by atoms with Crippen LogP contribution >= 0.6 is 0 Å². The summed E-state index contributed by atoms with van der Waals surface area (Å²) in [4.78, 5) is 32.1. The number of nitrogens with zero attached hydrogens (tertiary/aromatic N) is 1. The molecule has 6 rings (SSSR count). The van der Waals surface area contributed by atoms with E-state index >= 15 is 0 Å². The molecule has 1 aliphatic heterocycles. The van der Waals surface area contributed by atoms with Crippen molar-refractivity contribution in [3.63, 3.8) is 0 Å². The van der Waals surface area contributed by atoms with E-state index in [1.807, 2.05) is 6.08 Å². The van der Waals surface area contributed by atoms with E-state index in [2.05, 4.69) is 47.6 Å². The summed E-state index contributed by atoms with van der Waals surface area (Å²) in [7, 11) is 1.50. The lowest BCUT2D eigenvalue weighted by atomic mass is 9.31. The third kappa shape index (κ3) is 2.43. The van der Waals surface area contributed by atoms with Gasteiger partial charge in [0.05, 0.1) is 24.0 Å². The summed E-state index contributed by atoms with van der Waals surface area (Å²) in [6.45, 7) is 13.7. The monoisotopic (exact) mass is 494 g/mol. The van der Waals surface area contributed by atoms with E-state index < -0.39 is 22.5 Å². The SMILES string of the molecule is COC(=O)[C@@]1(C)CC[C@]2(C)CC[C@]3(C)C(=CC(=O)[C@@H]4[C@@]5(C)CC[C@H](O)[C@@]6(C)C#[N+][C@]65CC[C@]43C)[C@H]2C1. The Bertz CT molecular complexity index is 1160. The van der Waals surface area contributed by atoms with Gasteiger partial charge in [0.15, 0.2) is 5.78 Å². The molecule has 10 atom stereocenters. The summed E-state index contributed by atoms with van der Waals surface area (Å²) >= 11 is 0. The molecular weight excluding hydrogens is 450 g/mol. The predicted molar refractivity (Wildman–Crippen MR) is 138 cm³/mol. The van der Waals surface area contributed by atoms with Gasteiger partial charge in [-0.15, -0.1) is 0 Å². The van der Waals surface area contributed by atoms with Crippen molar-refractivity contribution in [2.24, 2.45) is 44.3 Å². The second-order valence-corrected chi connectivity index (χ2v) is 14.9. The van der Waals surface area contributed by atoms with E-state index in [4.69, 9.17) is 9.58 Å². The van der Waals surface area contributed by atoms with Crippen LogP contribution in [0.5, 0.6) is 0 Å². The van der Waals surface area contributed by atoms with Crippen LogP contribution in [-0.4, -0.2) is 35.6 Å². The molecule has 0 aromatic rings. The molecule has 4 saturated carbocycles. The van der Waals surface area contributed by atoms with Gasteiger partial charge >= 0.3 is 11.5 Å². The Hall–Kier alpha value is -1.67. The van der Waals surface area contributed by atoms with Crippen LogP contribution < -0.4 is 0 Å². The number of carbonyl (C=O) groups is 2. The minimum absolute atomic E-state index is 0.0988. The molecule has 5 nitrogen and oxygen atoms in total. The maximum Gasteiger partial charge on any atom is 0.311 e. The quantitative estimate of drug-likeness (QED) is 0.458. The zero-order valence-corrected chi connectivity index (χ0v) is 23.3. The van der Waals surface area contributed by atoms with Crippen molar-refractivity contribution < 1.29 is 19.4 Å². The molecule has 0 saturated heterocycles. The summed E-state index contributed by atoms with van der Waals surface area (Å²) in [5.74, 6) is 0.232. The van der Waals surface area contributed by atoms with Gasteiger partial charge in [-0.05, 0) is 93.5 Å². The van der Waals surface area contributed by atoms with Crippen molar-refractivity contribution >= 4 is 11.8 Å². The number of hydrogen-bond acceptors (Lipinski definition) is 4. The largest absolute Gasteiger partial charge is 0.469 e. The molecule has 0 bridgehead atoms. The second kappa shape index (κ2) is 6.85. The normalized spacial score (nSPS) is 56.7. The molecule has 0 unspecified atom stereocenters. The fourth-order valence-corrected chi connectivity index (χ4v) is 10.8. The van der Waals surface area contributed by atoms with Gasteiger partial charge in [0.25, 0.3) is 6.07 Å². The van der Waals surface area contributed by atoms with Crippen molar-refractivity contribution in [3.05, 3.63) is 16.5 Å². The number of allylic oxidation sites excluding steroid dienone is 2. The third-order valence-corrected chi connectivity index (χ3v) is 13.6. The van der Waals surface area contributed by atoms with Crippen LogP contribution in [0.25, 0.3) is 4.85 Å². The number of methoxy groups -OCH3 is 1. The number of rotatable bonds is 1. The Morgan fingerprint density at radius 1 is 1.00 bits per heavy atom. The zero-order chi connectivity index (χ0) is 26.2. The maximum atomic E-state index is 14.4. The van der Waals surface area contributed by atoms with Gasteiger partial charge in [0.2, 0.25) is 5.41 Å². The number of ketones is 1. The third-order valence-electron chi connectivity index (χ3n) is 13.6. The van der Waals surface area contributed by atoms with Gasteiger partial charge in [0, 0.05) is 12.3 Å². The summed E-state index contributed by atoms with van der Waals surface area (Å²) in [5.41, 5.74) is -0.532. The van der Waals surface area contributed by atoms with Crippen LogP contribution in [0.3, 0.4) is 0 Å². The molecule has 1 heterocycles. The van der Waals surface area contributed by atoms with Crippen LogP contribution in [0.1, 0.15) is 99.3 Å². The van der Waals surface area contributed by atoms with Crippen molar-refractivity contribution in [2.45, 2.75) is 111 Å². The Morgan fingerprint density at radius 3 is 2.33 bits per heavy atom. The summed E-state index contributed by atoms with van der Waals surface area (Å²) in [6, 6.07) is 3.25. The summed E-state index contributed by atoms with van der Waals surface area (Å²) in [5, 5.41) is 11.0. The van der Waals surface area contributed by atoms with Gasteiger partial charge in [-0.3, -0.25) is 9.59 Å². The number of aliphatic hydroxyl groups is 1. The lowest BCUT2D eigenvalue weighted by molar-refractivity contribution is -0.200. The highest BCUT2D eigenvalue weighted by Crippen LogP contribution is 2.77. The molecular formula is C31H44NO4+. The van der Waals surface area contributed by atoms with E-state index in [0.29, 0.717) is 6.42 Å². The summed E-state index contributed by atoms with van der Waals surface area (Å²) < 4.78 is 5.25. The van der Waals surface area contributed by atoms with Crippen LogP contribution in [0.15, 0.2) is 11.6 Å². The van der Waals surface area contributed by atoms with Gasteiger partial charge < -0.3 is 9.84 Å². The van der Waals surface area contributed by atoms with Crippen molar-refractivity contribution in [1.29, 1.82) is 0 Å². The fraction of sp³-hybridized carbons (Fsp3) is 0.839. The van der Waals surface area contributed by atoms with Gasteiger partial charge in [-0.25, -0.2) is 0 Å². The van der Waals surface area contributed by atoms with Crippen molar-refractivity contribution in [3.8, 4) is 6.07 Å². The van der Waals surface area contributed by atoms with Crippen molar-refractivity contribution in [2.75, 3.05) is 7.11 Å². The number of ether oxygens (including phenoxy) is 1. The minimum Gasteiger partial charge on any atom is -0.469 e. The topological polar surface area (TPSA) is 68.0 Å². The molecule has 4 fully saturated rings. The first-order valence-corrected chi connectivity index (χ1v) is 14.2. The highest BCUT2D eigenvalue weighted by atomic mass is 16.5. The van der Waals surface area contributed by atoms with Crippen LogP contribution in [0, 0.1) is 50.4 Å². The lowest BCUT2D eigenvalue weighted by Crippen LogP contribution is -2.75. The first-order valence-electron chi connectivity index (χ1n) is 14.2. The molecule has 36 heavy (non-hydrogen) atoms. The zero-order valence-electron chi connectivity index (χ0n) is 23.3. The Kier molecular flexibility index (Phi) is 4.69. The first-order chi connectivity index (χ1) is 16.7. The highest BCUT2D eigenvalue weighted by Gasteiger charge is 2.85. The molecule has 0 aromatic heterocycles. The average Bonchev–Trinajstić information content (AvgIpc) is 2.82. The van der Waals surface area contributed by atoms with E-state index in [-0.39, 0.29) is 45.2 Å². The number of hydrogen-bond donors (Lipinski definition) is 1. The van der Waals surface area contributed by atoms with Crippen molar-refractivity contribution in [1.82, 2.24) is 0 Å². The summed E-state index contributed by atoms with van der Waals surface area (Å²) in [6.07, 6.45) is 9.75. The predicted octanol–water partition coefficient (Wildman–Crippen LogP) is 5.95. The lowest BCUT2D eigenvalue weighted by Gasteiger charge is -2.69. The Morgan fingerprint density at radius 2 is 1.69 bits per heavy atom. The molecule has 5 aliphatic carbocycles. The van der Waals surface area contributed by atoms with Gasteiger partial charge in [0.1, 0.15) is 0 Å². The van der Waals surface area contributed by atoms with Crippen LogP contribution in [-0.2, 0) is 14.3 Å². The molecule has 0 radical (unpaired) electrons. The number of fused-ring (bicyclic) bond motifs is 6. The molecule has 6 aliphatic rings. The van der Waals surface area contributed by atoms with E-state index in [9.17, 15) is 14.7 Å². The number of aliphatic hydroxyl groups excluding tert-OH is 1. The highest BCUT2D eigenvalue weighted by molar-refractivity contribution is 5.96. The smallest absolute Gasteiger partial charge is 0.311 e. The van der Waals surface area contributed by atoms with Crippen LogP contribution in [0.4, 0.5) is 0 Å². The minimum atomic E-state index is -0.501. The van der Waals surface area contributed by atoms with Gasteiger partial charge in [-0.2, -0.15) is 0 Å².